The summed E-state index contributed by atoms with van der Waals surface area (Å²) in [6.07, 6.45) is 3.51. The summed E-state index contributed by atoms with van der Waals surface area (Å²) in [7, 11) is 1.74. The van der Waals surface area contributed by atoms with Crippen LogP contribution in [0.1, 0.15) is 61.1 Å². The minimum atomic E-state index is -0.164. The molecule has 4 rings (SSSR count). The number of aldehydes is 1. The molecule has 1 atom stereocenters. The lowest BCUT2D eigenvalue weighted by Gasteiger charge is -2.32. The van der Waals surface area contributed by atoms with Gasteiger partial charge in [0.05, 0.1) is 17.8 Å². The second-order valence-corrected chi connectivity index (χ2v) is 9.16. The fraction of sp³-hybridized carbons (Fsp3) is 0.520. The third-order valence-electron chi connectivity index (χ3n) is 6.73. The molecule has 0 spiro atoms. The monoisotopic (exact) mass is 479 g/mol. The number of anilines is 1. The van der Waals surface area contributed by atoms with Crippen LogP contribution in [0.2, 0.25) is 0 Å². The molecule has 35 heavy (non-hydrogen) atoms. The van der Waals surface area contributed by atoms with Crippen molar-refractivity contribution in [1.29, 1.82) is 0 Å². The third-order valence-corrected chi connectivity index (χ3v) is 6.73. The van der Waals surface area contributed by atoms with Crippen molar-refractivity contribution in [3.8, 4) is 0 Å². The molecule has 0 N–H and O–H groups in total. The first kappa shape index (κ1) is 24.7. The number of aliphatic imine (C=N–C) groups is 1. The van der Waals surface area contributed by atoms with Crippen LogP contribution in [0.15, 0.2) is 23.3 Å². The third kappa shape index (κ3) is 5.02. The van der Waals surface area contributed by atoms with E-state index in [-0.39, 0.29) is 17.7 Å². The van der Waals surface area contributed by atoms with Crippen LogP contribution in [0.5, 0.6) is 0 Å². The number of hydrogen-bond acceptors (Lipinski definition) is 7. The van der Waals surface area contributed by atoms with Crippen LogP contribution in [0.25, 0.3) is 0 Å². The molecule has 0 radical (unpaired) electrons. The molecule has 0 bridgehead atoms. The summed E-state index contributed by atoms with van der Waals surface area (Å²) >= 11 is 0. The number of hydrogen-bond donors (Lipinski definition) is 0. The van der Waals surface area contributed by atoms with Gasteiger partial charge in [-0.25, -0.2) is 9.98 Å². The van der Waals surface area contributed by atoms with Crippen molar-refractivity contribution < 1.29 is 14.4 Å². The number of carbonyl (C=O) groups excluding carboxylic acids is 3. The molecule has 4 heterocycles. The van der Waals surface area contributed by atoms with Crippen molar-refractivity contribution in [2.45, 2.75) is 52.6 Å². The Hall–Kier alpha value is -3.40. The Bertz CT molecular complexity index is 1160. The lowest BCUT2D eigenvalue weighted by molar-refractivity contribution is -0.124. The Morgan fingerprint density at radius 3 is 2.80 bits per heavy atom. The van der Waals surface area contributed by atoms with Crippen LogP contribution in [0.3, 0.4) is 0 Å². The number of pyridine rings is 1. The summed E-state index contributed by atoms with van der Waals surface area (Å²) in [5.41, 5.74) is 2.66. The van der Waals surface area contributed by atoms with Crippen LogP contribution in [-0.4, -0.2) is 81.6 Å². The Morgan fingerprint density at radius 1 is 1.31 bits per heavy atom. The Kier molecular flexibility index (Phi) is 7.39. The maximum atomic E-state index is 13.0. The van der Waals surface area contributed by atoms with E-state index in [2.05, 4.69) is 26.9 Å². The first-order valence-electron chi connectivity index (χ1n) is 12.2. The van der Waals surface area contributed by atoms with E-state index in [9.17, 15) is 14.4 Å². The Labute approximate surface area is 205 Å². The van der Waals surface area contributed by atoms with Crippen molar-refractivity contribution in [2.75, 3.05) is 38.1 Å². The topological polar surface area (TPSA) is 104 Å². The van der Waals surface area contributed by atoms with Crippen LogP contribution in [0.4, 0.5) is 11.6 Å². The van der Waals surface area contributed by atoms with Gasteiger partial charge in [-0.1, -0.05) is 13.8 Å². The first-order valence-corrected chi connectivity index (χ1v) is 12.2. The molecule has 2 aliphatic heterocycles. The molecular formula is C25H33N7O3. The first-order chi connectivity index (χ1) is 16.9. The molecule has 0 aliphatic carbocycles. The van der Waals surface area contributed by atoms with Crippen LogP contribution in [-0.2, 0) is 22.7 Å². The summed E-state index contributed by atoms with van der Waals surface area (Å²) < 4.78 is 1.96. The molecule has 2 amide bonds. The summed E-state index contributed by atoms with van der Waals surface area (Å²) in [5.74, 6) is 0.449. The van der Waals surface area contributed by atoms with E-state index < -0.39 is 0 Å². The predicted octanol–water partition coefficient (Wildman–Crippen LogP) is 2.41. The zero-order valence-corrected chi connectivity index (χ0v) is 20.9. The minimum Gasteiger partial charge on any atom is -0.340 e. The zero-order valence-electron chi connectivity index (χ0n) is 20.9. The predicted molar refractivity (Wildman–Crippen MR) is 133 cm³/mol. The Morgan fingerprint density at radius 2 is 2.11 bits per heavy atom. The molecule has 0 saturated carbocycles. The van der Waals surface area contributed by atoms with E-state index in [0.717, 1.165) is 50.1 Å². The van der Waals surface area contributed by atoms with Crippen LogP contribution < -0.4 is 4.90 Å². The van der Waals surface area contributed by atoms with Gasteiger partial charge in [0.1, 0.15) is 11.5 Å². The molecule has 1 saturated heterocycles. The van der Waals surface area contributed by atoms with Gasteiger partial charge in [-0.2, -0.15) is 5.10 Å². The average molecular weight is 480 g/mol. The van der Waals surface area contributed by atoms with Gasteiger partial charge in [0.25, 0.3) is 5.91 Å². The lowest BCUT2D eigenvalue weighted by Crippen LogP contribution is -2.42. The van der Waals surface area contributed by atoms with E-state index in [1.165, 1.54) is 11.8 Å². The number of piperidine rings is 1. The fourth-order valence-corrected chi connectivity index (χ4v) is 4.89. The van der Waals surface area contributed by atoms with E-state index in [1.54, 1.807) is 24.2 Å². The van der Waals surface area contributed by atoms with E-state index in [4.69, 9.17) is 0 Å². The van der Waals surface area contributed by atoms with Gasteiger partial charge in [0, 0.05) is 64.8 Å². The minimum absolute atomic E-state index is 0.138. The molecule has 186 valence electrons. The largest absolute Gasteiger partial charge is 0.340 e. The van der Waals surface area contributed by atoms with Gasteiger partial charge in [0.15, 0.2) is 12.1 Å². The standard InChI is InChI=1S/C25H33N7O3/c1-5-9-31(17(3)34)24-21(16-33)20(7-8-26-24)18-12-22(25(35)29(4)14-18)27-23-13-19-15-30(6-2)10-11-32(19)28-23/h7-8,13,16,18H,5-6,9-12,14-15H2,1-4H3. The van der Waals surface area contributed by atoms with Gasteiger partial charge >= 0.3 is 0 Å². The summed E-state index contributed by atoms with van der Waals surface area (Å²) in [6, 6.07) is 3.75. The summed E-state index contributed by atoms with van der Waals surface area (Å²) in [5, 5.41) is 4.60. The highest BCUT2D eigenvalue weighted by Crippen LogP contribution is 2.32. The highest BCUT2D eigenvalue weighted by Gasteiger charge is 2.33. The van der Waals surface area contributed by atoms with Gasteiger partial charge in [-0.05, 0) is 24.6 Å². The maximum absolute atomic E-state index is 13.0. The van der Waals surface area contributed by atoms with Gasteiger partial charge < -0.3 is 4.90 Å². The molecule has 2 aromatic rings. The molecule has 1 fully saturated rings. The van der Waals surface area contributed by atoms with E-state index >= 15 is 0 Å². The van der Waals surface area contributed by atoms with Crippen molar-refractivity contribution in [2.24, 2.45) is 4.99 Å². The number of aromatic nitrogens is 3. The number of likely N-dealkylation sites (N-methyl/N-ethyl adjacent to an activating group) is 2. The van der Waals surface area contributed by atoms with E-state index in [0.29, 0.717) is 42.4 Å². The molecule has 0 aromatic carbocycles. The fourth-order valence-electron chi connectivity index (χ4n) is 4.89. The maximum Gasteiger partial charge on any atom is 0.268 e. The number of likely N-dealkylation sites (tertiary alicyclic amines) is 1. The summed E-state index contributed by atoms with van der Waals surface area (Å²) in [4.78, 5) is 51.9. The number of amides is 2. The van der Waals surface area contributed by atoms with Gasteiger partial charge in [-0.15, -0.1) is 0 Å². The Balaban J connectivity index is 1.66. The molecule has 2 aliphatic rings. The van der Waals surface area contributed by atoms with Crippen molar-refractivity contribution in [3.63, 3.8) is 0 Å². The molecular weight excluding hydrogens is 446 g/mol. The van der Waals surface area contributed by atoms with Crippen LogP contribution >= 0.6 is 0 Å². The zero-order chi connectivity index (χ0) is 25.1. The van der Waals surface area contributed by atoms with Crippen LogP contribution in [0, 0.1) is 0 Å². The molecule has 10 nitrogen and oxygen atoms in total. The number of rotatable bonds is 7. The highest BCUT2D eigenvalue weighted by atomic mass is 16.2. The highest BCUT2D eigenvalue weighted by molar-refractivity contribution is 6.40. The quantitative estimate of drug-likeness (QED) is 0.565. The second kappa shape index (κ2) is 10.5. The van der Waals surface area contributed by atoms with Gasteiger partial charge in [-0.3, -0.25) is 28.9 Å². The van der Waals surface area contributed by atoms with Crippen molar-refractivity contribution in [1.82, 2.24) is 24.6 Å². The van der Waals surface area contributed by atoms with Gasteiger partial charge in [0.2, 0.25) is 5.91 Å². The number of nitrogens with zero attached hydrogens (tertiary/aromatic N) is 7. The molecule has 2 aromatic heterocycles. The molecule has 1 unspecified atom stereocenters. The summed E-state index contributed by atoms with van der Waals surface area (Å²) in [6.45, 7) is 10.0. The second-order valence-electron chi connectivity index (χ2n) is 9.16. The van der Waals surface area contributed by atoms with Crippen molar-refractivity contribution >= 4 is 35.4 Å². The molecule has 10 heteroatoms. The normalized spacial score (nSPS) is 19.7. The number of fused-ring (bicyclic) bond motifs is 1. The average Bonchev–Trinajstić information content (AvgIpc) is 3.25. The lowest BCUT2D eigenvalue weighted by atomic mass is 9.87. The number of carbonyl (C=O) groups is 3. The van der Waals surface area contributed by atoms with Crippen molar-refractivity contribution in [3.05, 3.63) is 35.2 Å². The SMILES string of the molecule is CCCN(C(C)=O)c1nccc(C2CC(=Nc3cc4n(n3)CCN(CC)C4)C(=O)N(C)C2)c1C=O. The van der Waals surface area contributed by atoms with E-state index in [1.807, 2.05) is 17.7 Å². The smallest absolute Gasteiger partial charge is 0.268 e.